The molecular formula is C11H11FN2. The second-order valence-corrected chi connectivity index (χ2v) is 3.24. The summed E-state index contributed by atoms with van der Waals surface area (Å²) in [4.78, 5) is 4.24. The number of fused-ring (bicyclic) bond motifs is 1. The van der Waals surface area contributed by atoms with Gasteiger partial charge in [0.25, 0.3) is 0 Å². The quantitative estimate of drug-likeness (QED) is 0.747. The summed E-state index contributed by atoms with van der Waals surface area (Å²) in [6.45, 7) is 1.75. The van der Waals surface area contributed by atoms with Crippen molar-refractivity contribution in [3.8, 4) is 0 Å². The molecule has 0 spiro atoms. The second kappa shape index (κ2) is 3.25. The predicted molar refractivity (Wildman–Crippen MR) is 56.0 cm³/mol. The molecule has 0 saturated heterocycles. The molecule has 14 heavy (non-hydrogen) atoms. The van der Waals surface area contributed by atoms with Gasteiger partial charge in [0.05, 0.1) is 5.52 Å². The van der Waals surface area contributed by atoms with Gasteiger partial charge in [-0.25, -0.2) is 9.37 Å². The fraction of sp³-hybridized carbons (Fsp3) is 0.182. The van der Waals surface area contributed by atoms with Gasteiger partial charge in [-0.3, -0.25) is 0 Å². The van der Waals surface area contributed by atoms with Crippen LogP contribution in [0.5, 0.6) is 0 Å². The molecule has 1 heterocycles. The fourth-order valence-corrected chi connectivity index (χ4v) is 1.40. The molecule has 1 aromatic heterocycles. The minimum absolute atomic E-state index is 0.210. The number of benzene rings is 1. The zero-order chi connectivity index (χ0) is 10.1. The highest BCUT2D eigenvalue weighted by Crippen LogP contribution is 2.18. The molecule has 2 aromatic rings. The highest BCUT2D eigenvalue weighted by Gasteiger charge is 2.02. The van der Waals surface area contributed by atoms with Crippen LogP contribution in [0.25, 0.3) is 10.9 Å². The fourth-order valence-electron chi connectivity index (χ4n) is 1.40. The first-order valence-corrected chi connectivity index (χ1v) is 4.45. The lowest BCUT2D eigenvalue weighted by atomic mass is 10.1. The monoisotopic (exact) mass is 190 g/mol. The number of pyridine rings is 1. The number of anilines is 1. The topological polar surface area (TPSA) is 24.9 Å². The third kappa shape index (κ3) is 1.41. The SMILES string of the molecule is CNc1ccc2cc(C)c(F)cc2n1. The van der Waals surface area contributed by atoms with Gasteiger partial charge in [-0.2, -0.15) is 0 Å². The van der Waals surface area contributed by atoms with Gasteiger partial charge in [0.15, 0.2) is 0 Å². The number of hydrogen-bond donors (Lipinski definition) is 1. The molecule has 0 fully saturated rings. The van der Waals surface area contributed by atoms with E-state index in [4.69, 9.17) is 0 Å². The lowest BCUT2D eigenvalue weighted by Gasteiger charge is -2.03. The maximum atomic E-state index is 13.2. The van der Waals surface area contributed by atoms with Gasteiger partial charge in [-0.05, 0) is 30.7 Å². The van der Waals surface area contributed by atoms with Gasteiger partial charge in [0.1, 0.15) is 11.6 Å². The Bertz CT molecular complexity index is 480. The number of aromatic nitrogens is 1. The van der Waals surface area contributed by atoms with E-state index < -0.39 is 0 Å². The van der Waals surface area contributed by atoms with Crippen molar-refractivity contribution < 1.29 is 4.39 Å². The van der Waals surface area contributed by atoms with E-state index in [9.17, 15) is 4.39 Å². The van der Waals surface area contributed by atoms with Crippen LogP contribution in [-0.4, -0.2) is 12.0 Å². The summed E-state index contributed by atoms with van der Waals surface area (Å²) in [5.74, 6) is 0.541. The highest BCUT2D eigenvalue weighted by atomic mass is 19.1. The molecule has 0 saturated carbocycles. The summed E-state index contributed by atoms with van der Waals surface area (Å²) < 4.78 is 13.2. The molecule has 3 heteroatoms. The van der Waals surface area contributed by atoms with Crippen LogP contribution < -0.4 is 5.32 Å². The number of rotatable bonds is 1. The first-order valence-electron chi connectivity index (χ1n) is 4.45. The minimum atomic E-state index is -0.210. The lowest BCUT2D eigenvalue weighted by molar-refractivity contribution is 0.620. The van der Waals surface area contributed by atoms with Crippen molar-refractivity contribution in [3.05, 3.63) is 35.6 Å². The summed E-state index contributed by atoms with van der Waals surface area (Å²) >= 11 is 0. The lowest BCUT2D eigenvalue weighted by Crippen LogP contribution is -1.93. The standard InChI is InChI=1S/C11H11FN2/c1-7-5-8-3-4-11(13-2)14-10(8)6-9(7)12/h3-6H,1-2H3,(H,13,14). The molecule has 1 aromatic carbocycles. The van der Waals surface area contributed by atoms with E-state index in [1.807, 2.05) is 12.1 Å². The third-order valence-electron chi connectivity index (χ3n) is 2.23. The highest BCUT2D eigenvalue weighted by molar-refractivity contribution is 5.81. The average Bonchev–Trinajstić information content (AvgIpc) is 2.19. The van der Waals surface area contributed by atoms with E-state index in [1.165, 1.54) is 6.07 Å². The average molecular weight is 190 g/mol. The minimum Gasteiger partial charge on any atom is -0.373 e. The van der Waals surface area contributed by atoms with Crippen molar-refractivity contribution in [1.82, 2.24) is 4.98 Å². The van der Waals surface area contributed by atoms with Gasteiger partial charge in [0.2, 0.25) is 0 Å². The molecule has 0 unspecified atom stereocenters. The van der Waals surface area contributed by atoms with E-state index in [-0.39, 0.29) is 5.82 Å². The Morgan fingerprint density at radius 1 is 1.29 bits per heavy atom. The Balaban J connectivity index is 2.70. The first kappa shape index (κ1) is 8.94. The Labute approximate surface area is 81.8 Å². The van der Waals surface area contributed by atoms with Crippen LogP contribution in [0.15, 0.2) is 24.3 Å². The number of nitrogens with zero attached hydrogens (tertiary/aromatic N) is 1. The molecule has 72 valence electrons. The number of nitrogens with one attached hydrogen (secondary N) is 1. The Morgan fingerprint density at radius 3 is 2.79 bits per heavy atom. The largest absolute Gasteiger partial charge is 0.373 e. The van der Waals surface area contributed by atoms with E-state index in [2.05, 4.69) is 10.3 Å². The van der Waals surface area contributed by atoms with Crippen LogP contribution in [0.1, 0.15) is 5.56 Å². The molecule has 0 radical (unpaired) electrons. The predicted octanol–water partition coefficient (Wildman–Crippen LogP) is 2.72. The van der Waals surface area contributed by atoms with Gasteiger partial charge < -0.3 is 5.32 Å². The Hall–Kier alpha value is -1.64. The van der Waals surface area contributed by atoms with Gasteiger partial charge in [-0.1, -0.05) is 0 Å². The number of aryl methyl sites for hydroxylation is 1. The van der Waals surface area contributed by atoms with Crippen LogP contribution in [-0.2, 0) is 0 Å². The van der Waals surface area contributed by atoms with Crippen LogP contribution in [0.3, 0.4) is 0 Å². The summed E-state index contributed by atoms with van der Waals surface area (Å²) in [6.07, 6.45) is 0. The number of hydrogen-bond acceptors (Lipinski definition) is 2. The van der Waals surface area contributed by atoms with E-state index >= 15 is 0 Å². The molecule has 0 aliphatic rings. The summed E-state index contributed by atoms with van der Waals surface area (Å²) in [5, 5.41) is 3.88. The summed E-state index contributed by atoms with van der Waals surface area (Å²) in [7, 11) is 1.79. The molecule has 0 bridgehead atoms. The zero-order valence-corrected chi connectivity index (χ0v) is 8.13. The van der Waals surface area contributed by atoms with Crippen LogP contribution >= 0.6 is 0 Å². The van der Waals surface area contributed by atoms with Crippen LogP contribution in [0.4, 0.5) is 10.2 Å². The van der Waals surface area contributed by atoms with E-state index in [0.29, 0.717) is 11.1 Å². The maximum Gasteiger partial charge on any atom is 0.128 e. The normalized spacial score (nSPS) is 10.5. The molecular weight excluding hydrogens is 179 g/mol. The molecule has 0 atom stereocenters. The van der Waals surface area contributed by atoms with Crippen molar-refractivity contribution in [3.63, 3.8) is 0 Å². The van der Waals surface area contributed by atoms with Gasteiger partial charge >= 0.3 is 0 Å². The van der Waals surface area contributed by atoms with Gasteiger partial charge in [0, 0.05) is 18.5 Å². The third-order valence-corrected chi connectivity index (χ3v) is 2.23. The molecule has 0 aliphatic heterocycles. The maximum absolute atomic E-state index is 13.2. The van der Waals surface area contributed by atoms with E-state index in [0.717, 1.165) is 11.2 Å². The van der Waals surface area contributed by atoms with E-state index in [1.54, 1.807) is 20.0 Å². The van der Waals surface area contributed by atoms with Crippen molar-refractivity contribution >= 4 is 16.7 Å². The first-order chi connectivity index (χ1) is 6.70. The van der Waals surface area contributed by atoms with Gasteiger partial charge in [-0.15, -0.1) is 0 Å². The molecule has 0 amide bonds. The number of halogens is 1. The summed E-state index contributed by atoms with van der Waals surface area (Å²) in [6, 6.07) is 7.07. The van der Waals surface area contributed by atoms with Crippen molar-refractivity contribution in [1.29, 1.82) is 0 Å². The Morgan fingerprint density at radius 2 is 2.07 bits per heavy atom. The molecule has 0 aliphatic carbocycles. The smallest absolute Gasteiger partial charge is 0.128 e. The second-order valence-electron chi connectivity index (χ2n) is 3.24. The van der Waals surface area contributed by atoms with Crippen LogP contribution in [0, 0.1) is 12.7 Å². The molecule has 1 N–H and O–H groups in total. The van der Waals surface area contributed by atoms with Crippen molar-refractivity contribution in [2.24, 2.45) is 0 Å². The van der Waals surface area contributed by atoms with Crippen LogP contribution in [0.2, 0.25) is 0 Å². The Kier molecular flexibility index (Phi) is 2.08. The summed E-state index contributed by atoms with van der Waals surface area (Å²) in [5.41, 5.74) is 1.33. The zero-order valence-electron chi connectivity index (χ0n) is 8.13. The van der Waals surface area contributed by atoms with Crippen molar-refractivity contribution in [2.75, 3.05) is 12.4 Å². The van der Waals surface area contributed by atoms with Crippen molar-refractivity contribution in [2.45, 2.75) is 6.92 Å². The molecule has 2 rings (SSSR count). The molecule has 2 nitrogen and oxygen atoms in total.